The van der Waals surface area contributed by atoms with Crippen molar-refractivity contribution in [2.24, 2.45) is 0 Å². The first-order valence-electron chi connectivity index (χ1n) is 8.45. The molecule has 1 heterocycles. The Balaban J connectivity index is 1.81. The molecule has 0 atom stereocenters. The zero-order chi connectivity index (χ0) is 17.8. The van der Waals surface area contributed by atoms with E-state index in [1.54, 1.807) is 6.07 Å². The highest BCUT2D eigenvalue weighted by Gasteiger charge is 2.25. The SMILES string of the molecule is CCOc1ccc(COc2ccc3c(c2N(C)C)OCCC3=O)cc1. The average molecular weight is 341 g/mol. The minimum Gasteiger partial charge on any atom is -0.494 e. The van der Waals surface area contributed by atoms with Gasteiger partial charge in [0.05, 0.1) is 18.8 Å². The van der Waals surface area contributed by atoms with Crippen molar-refractivity contribution >= 4 is 11.5 Å². The number of hydrogen-bond donors (Lipinski definition) is 0. The van der Waals surface area contributed by atoms with Crippen molar-refractivity contribution in [2.75, 3.05) is 32.2 Å². The highest BCUT2D eigenvalue weighted by atomic mass is 16.5. The molecule has 0 spiro atoms. The lowest BCUT2D eigenvalue weighted by molar-refractivity contribution is 0.0933. The Hall–Kier alpha value is -2.69. The van der Waals surface area contributed by atoms with Crippen LogP contribution in [-0.2, 0) is 6.61 Å². The van der Waals surface area contributed by atoms with Gasteiger partial charge in [-0.25, -0.2) is 0 Å². The number of benzene rings is 2. The van der Waals surface area contributed by atoms with Crippen LogP contribution in [0.1, 0.15) is 29.3 Å². The fraction of sp³-hybridized carbons (Fsp3) is 0.350. The summed E-state index contributed by atoms with van der Waals surface area (Å²) in [5, 5.41) is 0. The first-order chi connectivity index (χ1) is 12.1. The molecule has 0 unspecified atom stereocenters. The van der Waals surface area contributed by atoms with Crippen LogP contribution in [0, 0.1) is 0 Å². The van der Waals surface area contributed by atoms with Crippen LogP contribution < -0.4 is 19.1 Å². The molecule has 3 rings (SSSR count). The molecule has 25 heavy (non-hydrogen) atoms. The summed E-state index contributed by atoms with van der Waals surface area (Å²) >= 11 is 0. The van der Waals surface area contributed by atoms with Crippen LogP contribution in [0.3, 0.4) is 0 Å². The van der Waals surface area contributed by atoms with Crippen molar-refractivity contribution in [3.05, 3.63) is 47.5 Å². The molecule has 5 nitrogen and oxygen atoms in total. The molecule has 0 bridgehead atoms. The minimum atomic E-state index is 0.113. The van der Waals surface area contributed by atoms with Crippen LogP contribution >= 0.6 is 0 Å². The number of carbonyl (C=O) groups is 1. The first-order valence-corrected chi connectivity index (χ1v) is 8.45. The van der Waals surface area contributed by atoms with E-state index in [0.717, 1.165) is 17.0 Å². The van der Waals surface area contributed by atoms with Crippen LogP contribution in [0.4, 0.5) is 5.69 Å². The van der Waals surface area contributed by atoms with Gasteiger partial charge < -0.3 is 19.1 Å². The summed E-state index contributed by atoms with van der Waals surface area (Å²) in [4.78, 5) is 14.0. The summed E-state index contributed by atoms with van der Waals surface area (Å²) in [6.07, 6.45) is 0.423. The molecule has 2 aromatic carbocycles. The second kappa shape index (κ2) is 7.47. The average Bonchev–Trinajstić information content (AvgIpc) is 2.61. The second-order valence-corrected chi connectivity index (χ2v) is 6.07. The monoisotopic (exact) mass is 341 g/mol. The molecular weight excluding hydrogens is 318 g/mol. The smallest absolute Gasteiger partial charge is 0.170 e. The number of Topliss-reactive ketones (excluding diaryl/α,β-unsaturated/α-hetero) is 1. The van der Waals surface area contributed by atoms with Crippen molar-refractivity contribution in [1.29, 1.82) is 0 Å². The Bertz CT molecular complexity index is 753. The van der Waals surface area contributed by atoms with Gasteiger partial charge in [-0.05, 0) is 36.8 Å². The summed E-state index contributed by atoms with van der Waals surface area (Å²) < 4.78 is 17.2. The third-order valence-corrected chi connectivity index (χ3v) is 4.05. The molecule has 0 amide bonds. The Labute approximate surface area is 148 Å². The quantitative estimate of drug-likeness (QED) is 0.802. The minimum absolute atomic E-state index is 0.113. The van der Waals surface area contributed by atoms with Crippen LogP contribution in [0.25, 0.3) is 0 Å². The highest BCUT2D eigenvalue weighted by molar-refractivity contribution is 6.02. The van der Waals surface area contributed by atoms with Crippen molar-refractivity contribution in [3.8, 4) is 17.2 Å². The molecule has 132 valence electrons. The van der Waals surface area contributed by atoms with Crippen LogP contribution in [0.2, 0.25) is 0 Å². The molecule has 0 saturated heterocycles. The Morgan fingerprint density at radius 1 is 1.08 bits per heavy atom. The van der Waals surface area contributed by atoms with E-state index in [1.165, 1.54) is 0 Å². The maximum atomic E-state index is 12.1. The predicted molar refractivity (Wildman–Crippen MR) is 97.2 cm³/mol. The second-order valence-electron chi connectivity index (χ2n) is 6.07. The van der Waals surface area contributed by atoms with Gasteiger partial charge in [-0.15, -0.1) is 0 Å². The van der Waals surface area contributed by atoms with Gasteiger partial charge in [-0.2, -0.15) is 0 Å². The van der Waals surface area contributed by atoms with Gasteiger partial charge in [0.15, 0.2) is 11.5 Å². The van der Waals surface area contributed by atoms with Gasteiger partial charge in [0.25, 0.3) is 0 Å². The number of fused-ring (bicyclic) bond motifs is 1. The van der Waals surface area contributed by atoms with E-state index in [9.17, 15) is 4.79 Å². The van der Waals surface area contributed by atoms with E-state index in [2.05, 4.69) is 0 Å². The van der Waals surface area contributed by atoms with Crippen LogP contribution in [0.15, 0.2) is 36.4 Å². The third-order valence-electron chi connectivity index (χ3n) is 4.05. The van der Waals surface area contributed by atoms with E-state index < -0.39 is 0 Å². The van der Waals surface area contributed by atoms with Gasteiger partial charge >= 0.3 is 0 Å². The Morgan fingerprint density at radius 2 is 1.84 bits per heavy atom. The van der Waals surface area contributed by atoms with E-state index in [1.807, 2.05) is 56.3 Å². The topological polar surface area (TPSA) is 48.0 Å². The van der Waals surface area contributed by atoms with E-state index in [0.29, 0.717) is 43.3 Å². The summed E-state index contributed by atoms with van der Waals surface area (Å²) in [6.45, 7) is 3.45. The van der Waals surface area contributed by atoms with Crippen molar-refractivity contribution in [1.82, 2.24) is 0 Å². The standard InChI is InChI=1S/C20H23NO4/c1-4-23-15-7-5-14(6-8-15)13-25-18-10-9-16-17(22)11-12-24-20(16)19(18)21(2)3/h5-10H,4,11-13H2,1-3H3. The zero-order valence-corrected chi connectivity index (χ0v) is 14.9. The number of hydrogen-bond acceptors (Lipinski definition) is 5. The number of carbonyl (C=O) groups excluding carboxylic acids is 1. The third kappa shape index (κ3) is 3.71. The van der Waals surface area contributed by atoms with Gasteiger partial charge in [0, 0.05) is 20.5 Å². The molecular formula is C20H23NO4. The number of ketones is 1. The number of anilines is 1. The molecule has 0 aliphatic carbocycles. The lowest BCUT2D eigenvalue weighted by atomic mass is 10.0. The molecule has 0 radical (unpaired) electrons. The summed E-state index contributed by atoms with van der Waals surface area (Å²) in [7, 11) is 3.84. The van der Waals surface area contributed by atoms with E-state index in [4.69, 9.17) is 14.2 Å². The van der Waals surface area contributed by atoms with Crippen molar-refractivity contribution < 1.29 is 19.0 Å². The van der Waals surface area contributed by atoms with Crippen molar-refractivity contribution in [2.45, 2.75) is 20.0 Å². The van der Waals surface area contributed by atoms with Gasteiger partial charge in [0.2, 0.25) is 0 Å². The van der Waals surface area contributed by atoms with E-state index in [-0.39, 0.29) is 5.78 Å². The summed E-state index contributed by atoms with van der Waals surface area (Å²) in [5.74, 6) is 2.28. The fourth-order valence-electron chi connectivity index (χ4n) is 2.85. The van der Waals surface area contributed by atoms with Crippen molar-refractivity contribution in [3.63, 3.8) is 0 Å². The molecule has 1 aliphatic heterocycles. The largest absolute Gasteiger partial charge is 0.494 e. The first kappa shape index (κ1) is 17.1. The van der Waals surface area contributed by atoms with Gasteiger partial charge in [-0.1, -0.05) is 12.1 Å². The zero-order valence-electron chi connectivity index (χ0n) is 14.9. The Morgan fingerprint density at radius 3 is 2.52 bits per heavy atom. The van der Waals surface area contributed by atoms with Gasteiger partial charge in [-0.3, -0.25) is 4.79 Å². The molecule has 1 aliphatic rings. The van der Waals surface area contributed by atoms with Crippen LogP contribution in [0.5, 0.6) is 17.2 Å². The lowest BCUT2D eigenvalue weighted by Crippen LogP contribution is -2.20. The summed E-state index contributed by atoms with van der Waals surface area (Å²) in [5.41, 5.74) is 2.47. The normalized spacial score (nSPS) is 13.0. The molecule has 0 saturated carbocycles. The maximum absolute atomic E-state index is 12.1. The number of nitrogens with zero attached hydrogens (tertiary/aromatic N) is 1. The number of ether oxygens (including phenoxy) is 3. The molecule has 0 fully saturated rings. The van der Waals surface area contributed by atoms with E-state index >= 15 is 0 Å². The number of rotatable bonds is 6. The molecule has 0 aromatic heterocycles. The fourth-order valence-corrected chi connectivity index (χ4v) is 2.85. The van der Waals surface area contributed by atoms with Gasteiger partial charge in [0.1, 0.15) is 23.8 Å². The molecule has 0 N–H and O–H groups in total. The maximum Gasteiger partial charge on any atom is 0.170 e. The lowest BCUT2D eigenvalue weighted by Gasteiger charge is -2.25. The van der Waals surface area contributed by atoms with Crippen LogP contribution in [-0.4, -0.2) is 33.1 Å². The molecule has 2 aromatic rings. The predicted octanol–water partition coefficient (Wildman–Crippen LogP) is 3.70. The summed E-state index contributed by atoms with van der Waals surface area (Å²) in [6, 6.07) is 11.5. The molecule has 5 heteroatoms. The Kier molecular flexibility index (Phi) is 5.12. The highest BCUT2D eigenvalue weighted by Crippen LogP contribution is 2.42.